The number of pyridine rings is 1. The first kappa shape index (κ1) is 28.1. The Bertz CT molecular complexity index is 2760. The summed E-state index contributed by atoms with van der Waals surface area (Å²) in [7, 11) is 0. The van der Waals surface area contributed by atoms with E-state index in [2.05, 4.69) is 130 Å². The average Bonchev–Trinajstić information content (AvgIpc) is 3.71. The minimum absolute atomic E-state index is 0.558. The van der Waals surface area contributed by atoms with Crippen molar-refractivity contribution >= 4 is 43.7 Å². The predicted octanol–water partition coefficient (Wildman–Crippen LogP) is 10.5. The van der Waals surface area contributed by atoms with E-state index in [9.17, 15) is 0 Å². The van der Waals surface area contributed by atoms with Gasteiger partial charge in [-0.1, -0.05) is 127 Å². The summed E-state index contributed by atoms with van der Waals surface area (Å²) < 4.78 is 4.43. The van der Waals surface area contributed by atoms with E-state index in [1.807, 2.05) is 48.7 Å². The molecule has 0 aliphatic carbocycles. The standard InChI is InChI=1S/C44H28N6/c1-3-15-29(16-4-1)31-22-13-23-36(40(31)50-39-27-12-9-21-34(39)35-24-14-28-45-43(35)50)42-46-41(30-17-5-2-6-18-30)47-44(48-42)49-37-25-10-7-19-32(37)33-20-8-11-26-38(33)49/h1-28H. The monoisotopic (exact) mass is 640 g/mol. The van der Waals surface area contributed by atoms with Crippen LogP contribution in [0.5, 0.6) is 0 Å². The maximum Gasteiger partial charge on any atom is 0.238 e. The van der Waals surface area contributed by atoms with Gasteiger partial charge in [-0.05, 0) is 42.0 Å². The lowest BCUT2D eigenvalue weighted by atomic mass is 9.99. The van der Waals surface area contributed by atoms with Crippen molar-refractivity contribution < 1.29 is 0 Å². The van der Waals surface area contributed by atoms with Crippen LogP contribution in [0.2, 0.25) is 0 Å². The van der Waals surface area contributed by atoms with Crippen molar-refractivity contribution in [3.8, 4) is 45.5 Å². The molecule has 0 saturated carbocycles. The zero-order chi connectivity index (χ0) is 33.0. The molecule has 6 heteroatoms. The topological polar surface area (TPSA) is 61.4 Å². The maximum absolute atomic E-state index is 5.34. The fourth-order valence-corrected chi connectivity index (χ4v) is 7.28. The molecule has 6 aromatic carbocycles. The summed E-state index contributed by atoms with van der Waals surface area (Å²) in [4.78, 5) is 20.7. The van der Waals surface area contributed by atoms with E-state index >= 15 is 0 Å². The van der Waals surface area contributed by atoms with Crippen molar-refractivity contribution in [1.29, 1.82) is 0 Å². The molecule has 0 aliphatic heterocycles. The molecule has 0 spiro atoms. The maximum atomic E-state index is 5.34. The molecule has 234 valence electrons. The quantitative estimate of drug-likeness (QED) is 0.188. The van der Waals surface area contributed by atoms with Gasteiger partial charge in [-0.2, -0.15) is 9.97 Å². The first-order chi connectivity index (χ1) is 24.8. The van der Waals surface area contributed by atoms with Crippen LogP contribution in [0.4, 0.5) is 0 Å². The highest BCUT2D eigenvalue weighted by Crippen LogP contribution is 2.40. The molecule has 0 unspecified atom stereocenters. The Morgan fingerprint density at radius 1 is 0.360 bits per heavy atom. The van der Waals surface area contributed by atoms with Gasteiger partial charge in [0.15, 0.2) is 11.6 Å². The zero-order valence-corrected chi connectivity index (χ0v) is 26.8. The second kappa shape index (κ2) is 11.4. The van der Waals surface area contributed by atoms with E-state index in [1.165, 1.54) is 0 Å². The van der Waals surface area contributed by atoms with Gasteiger partial charge < -0.3 is 0 Å². The molecule has 10 aromatic rings. The van der Waals surface area contributed by atoms with Gasteiger partial charge in [0.1, 0.15) is 5.65 Å². The van der Waals surface area contributed by atoms with E-state index in [1.54, 1.807) is 0 Å². The molecule has 0 saturated heterocycles. The lowest BCUT2D eigenvalue weighted by Crippen LogP contribution is -2.08. The van der Waals surface area contributed by atoms with E-state index in [0.29, 0.717) is 17.6 Å². The van der Waals surface area contributed by atoms with Crippen LogP contribution in [0.25, 0.3) is 89.3 Å². The molecule has 6 nitrogen and oxygen atoms in total. The first-order valence-electron chi connectivity index (χ1n) is 16.7. The van der Waals surface area contributed by atoms with E-state index in [0.717, 1.165) is 71.7 Å². The number of aromatic nitrogens is 6. The molecule has 4 heterocycles. The van der Waals surface area contributed by atoms with Gasteiger partial charge in [-0.15, -0.1) is 0 Å². The van der Waals surface area contributed by atoms with Crippen LogP contribution < -0.4 is 0 Å². The second-order valence-electron chi connectivity index (χ2n) is 12.3. The molecule has 0 radical (unpaired) electrons. The van der Waals surface area contributed by atoms with E-state index in [-0.39, 0.29) is 0 Å². The minimum Gasteiger partial charge on any atom is -0.293 e. The van der Waals surface area contributed by atoms with Crippen molar-refractivity contribution in [3.05, 3.63) is 170 Å². The summed E-state index contributed by atoms with van der Waals surface area (Å²) in [5.41, 5.74) is 8.90. The third kappa shape index (κ3) is 4.36. The molecular formula is C44H28N6. The van der Waals surface area contributed by atoms with Crippen LogP contribution in [0.1, 0.15) is 0 Å². The summed E-state index contributed by atoms with van der Waals surface area (Å²) in [5, 5.41) is 4.52. The van der Waals surface area contributed by atoms with Crippen LogP contribution in [-0.2, 0) is 0 Å². The number of benzene rings is 6. The Hall–Kier alpha value is -6.92. The third-order valence-electron chi connectivity index (χ3n) is 9.45. The van der Waals surface area contributed by atoms with Crippen molar-refractivity contribution in [2.75, 3.05) is 0 Å². The molecule has 0 fully saturated rings. The van der Waals surface area contributed by atoms with Gasteiger partial charge >= 0.3 is 0 Å². The van der Waals surface area contributed by atoms with Crippen LogP contribution in [0.15, 0.2) is 170 Å². The number of nitrogens with zero attached hydrogens (tertiary/aromatic N) is 6. The second-order valence-corrected chi connectivity index (χ2v) is 12.3. The number of hydrogen-bond acceptors (Lipinski definition) is 4. The molecular weight excluding hydrogens is 613 g/mol. The number of hydrogen-bond donors (Lipinski definition) is 0. The van der Waals surface area contributed by atoms with Gasteiger partial charge in [0.25, 0.3) is 0 Å². The highest BCUT2D eigenvalue weighted by Gasteiger charge is 2.23. The molecule has 0 bridgehead atoms. The highest BCUT2D eigenvalue weighted by atomic mass is 15.2. The molecule has 10 rings (SSSR count). The minimum atomic E-state index is 0.558. The Morgan fingerprint density at radius 2 is 0.880 bits per heavy atom. The molecule has 4 aromatic heterocycles. The van der Waals surface area contributed by atoms with Crippen LogP contribution in [0.3, 0.4) is 0 Å². The number of para-hydroxylation sites is 4. The van der Waals surface area contributed by atoms with Crippen LogP contribution in [0, 0.1) is 0 Å². The number of fused-ring (bicyclic) bond motifs is 6. The Labute approximate surface area is 287 Å². The normalized spacial score (nSPS) is 11.6. The predicted molar refractivity (Wildman–Crippen MR) is 203 cm³/mol. The summed E-state index contributed by atoms with van der Waals surface area (Å²) in [5.74, 6) is 1.73. The summed E-state index contributed by atoms with van der Waals surface area (Å²) in [6, 6.07) is 56.5. The van der Waals surface area contributed by atoms with Gasteiger partial charge in [0.2, 0.25) is 5.95 Å². The summed E-state index contributed by atoms with van der Waals surface area (Å²) >= 11 is 0. The molecule has 0 amide bonds. The van der Waals surface area contributed by atoms with E-state index in [4.69, 9.17) is 19.9 Å². The van der Waals surface area contributed by atoms with Gasteiger partial charge in [-0.25, -0.2) is 9.97 Å². The molecule has 0 N–H and O–H groups in total. The fourth-order valence-electron chi connectivity index (χ4n) is 7.28. The summed E-state index contributed by atoms with van der Waals surface area (Å²) in [6.45, 7) is 0. The third-order valence-corrected chi connectivity index (χ3v) is 9.45. The lowest BCUT2D eigenvalue weighted by molar-refractivity contribution is 0.951. The molecule has 50 heavy (non-hydrogen) atoms. The van der Waals surface area contributed by atoms with Crippen molar-refractivity contribution in [2.45, 2.75) is 0 Å². The fraction of sp³-hybridized carbons (Fsp3) is 0. The Morgan fingerprint density at radius 3 is 1.56 bits per heavy atom. The SMILES string of the molecule is c1ccc(-c2nc(-c3cccc(-c4ccccc4)c3-n3c4ccccc4c4cccnc43)nc(-n3c4ccccc4c4ccccc43)n2)cc1. The largest absolute Gasteiger partial charge is 0.293 e. The van der Waals surface area contributed by atoms with Crippen LogP contribution >= 0.6 is 0 Å². The highest BCUT2D eigenvalue weighted by molar-refractivity contribution is 6.10. The van der Waals surface area contributed by atoms with Gasteiger partial charge in [0, 0.05) is 44.4 Å². The Kier molecular flexibility index (Phi) is 6.39. The Balaban J connectivity index is 1.34. The van der Waals surface area contributed by atoms with Gasteiger partial charge in [-0.3, -0.25) is 9.13 Å². The summed E-state index contributed by atoms with van der Waals surface area (Å²) in [6.07, 6.45) is 1.86. The van der Waals surface area contributed by atoms with Crippen molar-refractivity contribution in [3.63, 3.8) is 0 Å². The van der Waals surface area contributed by atoms with Crippen molar-refractivity contribution in [2.24, 2.45) is 0 Å². The average molecular weight is 641 g/mol. The molecule has 0 aliphatic rings. The molecule has 0 atom stereocenters. The van der Waals surface area contributed by atoms with Crippen molar-refractivity contribution in [1.82, 2.24) is 29.1 Å². The number of rotatable bonds is 5. The lowest BCUT2D eigenvalue weighted by Gasteiger charge is -2.18. The van der Waals surface area contributed by atoms with Crippen LogP contribution in [-0.4, -0.2) is 29.1 Å². The van der Waals surface area contributed by atoms with E-state index < -0.39 is 0 Å². The zero-order valence-electron chi connectivity index (χ0n) is 26.8. The smallest absolute Gasteiger partial charge is 0.238 e. The first-order valence-corrected chi connectivity index (χ1v) is 16.7. The van der Waals surface area contributed by atoms with Gasteiger partial charge in [0.05, 0.1) is 22.2 Å².